The average Bonchev–Trinajstić information content (AvgIpc) is 2.66. The molecule has 7 heteroatoms. The average molecular weight is 392 g/mol. The second-order valence-electron chi connectivity index (χ2n) is 7.21. The highest BCUT2D eigenvalue weighted by molar-refractivity contribution is 6.44. The van der Waals surface area contributed by atoms with Crippen LogP contribution >= 0.6 is 0 Å². The van der Waals surface area contributed by atoms with Crippen molar-refractivity contribution in [3.8, 4) is 0 Å². The molecule has 3 rings (SSSR count). The third-order valence-electron chi connectivity index (χ3n) is 4.68. The van der Waals surface area contributed by atoms with Crippen LogP contribution in [0.4, 0.5) is 17.1 Å². The summed E-state index contributed by atoms with van der Waals surface area (Å²) in [5, 5.41) is 11.2. The lowest BCUT2D eigenvalue weighted by atomic mass is 10.1. The third kappa shape index (κ3) is 4.68. The predicted molar refractivity (Wildman–Crippen MR) is 114 cm³/mol. The zero-order valence-corrected chi connectivity index (χ0v) is 17.0. The van der Waals surface area contributed by atoms with Gasteiger partial charge < -0.3 is 10.6 Å². The van der Waals surface area contributed by atoms with Crippen molar-refractivity contribution in [1.82, 2.24) is 0 Å². The SMILES string of the molecule is CC(=O)Nc1ccc(NC(=O)C2=NN(c3cc(C)ccc3C)C(=O)CC2)cc1C. The predicted octanol–water partition coefficient (Wildman–Crippen LogP) is 3.69. The van der Waals surface area contributed by atoms with Crippen molar-refractivity contribution in [2.75, 3.05) is 15.6 Å². The van der Waals surface area contributed by atoms with Crippen LogP contribution in [0.25, 0.3) is 0 Å². The summed E-state index contributed by atoms with van der Waals surface area (Å²) >= 11 is 0. The summed E-state index contributed by atoms with van der Waals surface area (Å²) in [5.74, 6) is -0.636. The van der Waals surface area contributed by atoms with E-state index in [-0.39, 0.29) is 30.6 Å². The van der Waals surface area contributed by atoms with Crippen LogP contribution in [0.3, 0.4) is 0 Å². The molecule has 0 atom stereocenters. The number of amides is 3. The Morgan fingerprint density at radius 3 is 2.41 bits per heavy atom. The van der Waals surface area contributed by atoms with Crippen molar-refractivity contribution in [2.45, 2.75) is 40.5 Å². The molecule has 0 unspecified atom stereocenters. The molecule has 3 amide bonds. The normalized spacial score (nSPS) is 13.7. The molecule has 0 fully saturated rings. The van der Waals surface area contributed by atoms with E-state index in [0.717, 1.165) is 16.7 Å². The van der Waals surface area contributed by atoms with E-state index >= 15 is 0 Å². The second kappa shape index (κ2) is 8.26. The summed E-state index contributed by atoms with van der Waals surface area (Å²) in [6, 6.07) is 11.0. The van der Waals surface area contributed by atoms with Gasteiger partial charge in [0.15, 0.2) is 0 Å². The summed E-state index contributed by atoms with van der Waals surface area (Å²) in [7, 11) is 0. The van der Waals surface area contributed by atoms with Crippen LogP contribution in [0.2, 0.25) is 0 Å². The number of carbonyl (C=O) groups excluding carboxylic acids is 3. The highest BCUT2D eigenvalue weighted by Crippen LogP contribution is 2.26. The minimum absolute atomic E-state index is 0.134. The number of aryl methyl sites for hydroxylation is 3. The Hall–Kier alpha value is -3.48. The molecule has 29 heavy (non-hydrogen) atoms. The van der Waals surface area contributed by atoms with Gasteiger partial charge in [-0.15, -0.1) is 0 Å². The van der Waals surface area contributed by atoms with Crippen molar-refractivity contribution in [1.29, 1.82) is 0 Å². The first-order valence-electron chi connectivity index (χ1n) is 9.42. The first kappa shape index (κ1) is 20.3. The number of hydrazone groups is 1. The fraction of sp³-hybridized carbons (Fsp3) is 0.273. The third-order valence-corrected chi connectivity index (χ3v) is 4.68. The maximum absolute atomic E-state index is 12.7. The van der Waals surface area contributed by atoms with Crippen LogP contribution in [-0.4, -0.2) is 23.4 Å². The number of carbonyl (C=O) groups is 3. The molecule has 1 heterocycles. The fourth-order valence-corrected chi connectivity index (χ4v) is 3.13. The number of benzene rings is 2. The van der Waals surface area contributed by atoms with Gasteiger partial charge in [-0.25, -0.2) is 5.01 Å². The molecule has 1 aliphatic heterocycles. The van der Waals surface area contributed by atoms with E-state index in [9.17, 15) is 14.4 Å². The van der Waals surface area contributed by atoms with E-state index in [1.165, 1.54) is 11.9 Å². The fourth-order valence-electron chi connectivity index (χ4n) is 3.13. The van der Waals surface area contributed by atoms with Gasteiger partial charge in [-0.1, -0.05) is 12.1 Å². The monoisotopic (exact) mass is 392 g/mol. The highest BCUT2D eigenvalue weighted by Gasteiger charge is 2.26. The first-order valence-corrected chi connectivity index (χ1v) is 9.42. The molecule has 0 aromatic heterocycles. The van der Waals surface area contributed by atoms with Crippen molar-refractivity contribution in [3.05, 3.63) is 53.1 Å². The van der Waals surface area contributed by atoms with E-state index in [2.05, 4.69) is 15.7 Å². The molecule has 0 aliphatic carbocycles. The van der Waals surface area contributed by atoms with Gasteiger partial charge in [0.1, 0.15) is 5.71 Å². The Morgan fingerprint density at radius 1 is 0.966 bits per heavy atom. The number of rotatable bonds is 4. The van der Waals surface area contributed by atoms with E-state index in [0.29, 0.717) is 22.8 Å². The molecule has 7 nitrogen and oxygen atoms in total. The van der Waals surface area contributed by atoms with Crippen LogP contribution < -0.4 is 15.6 Å². The molecule has 0 saturated heterocycles. The van der Waals surface area contributed by atoms with Crippen LogP contribution in [0, 0.1) is 20.8 Å². The number of nitrogens with one attached hydrogen (secondary N) is 2. The van der Waals surface area contributed by atoms with Crippen molar-refractivity contribution >= 4 is 40.5 Å². The topological polar surface area (TPSA) is 90.9 Å². The van der Waals surface area contributed by atoms with E-state index in [1.54, 1.807) is 18.2 Å². The minimum atomic E-state index is -0.348. The standard InChI is InChI=1S/C22H24N4O3/c1-13-5-6-14(2)20(11-13)26-21(28)10-9-19(25-26)22(29)24-17-7-8-18(15(3)12-17)23-16(4)27/h5-8,11-12H,9-10H2,1-4H3,(H,23,27)(H,24,29). The molecule has 0 spiro atoms. The van der Waals surface area contributed by atoms with Gasteiger partial charge in [0.05, 0.1) is 5.69 Å². The maximum atomic E-state index is 12.7. The van der Waals surface area contributed by atoms with Gasteiger partial charge in [-0.2, -0.15) is 5.10 Å². The van der Waals surface area contributed by atoms with Gasteiger partial charge in [0, 0.05) is 31.1 Å². The lowest BCUT2D eigenvalue weighted by Gasteiger charge is -2.25. The second-order valence-corrected chi connectivity index (χ2v) is 7.21. The zero-order chi connectivity index (χ0) is 21.1. The molecular weight excluding hydrogens is 368 g/mol. The number of anilines is 3. The summed E-state index contributed by atoms with van der Waals surface area (Å²) in [5.41, 5.74) is 5.04. The van der Waals surface area contributed by atoms with E-state index in [1.807, 2.05) is 39.0 Å². The highest BCUT2D eigenvalue weighted by atomic mass is 16.2. The molecule has 150 valence electrons. The quantitative estimate of drug-likeness (QED) is 0.831. The number of hydrogen-bond donors (Lipinski definition) is 2. The molecule has 0 radical (unpaired) electrons. The molecular formula is C22H24N4O3. The van der Waals surface area contributed by atoms with Crippen molar-refractivity contribution < 1.29 is 14.4 Å². The first-order chi connectivity index (χ1) is 13.7. The van der Waals surface area contributed by atoms with Crippen LogP contribution in [-0.2, 0) is 14.4 Å². The molecule has 2 aromatic carbocycles. The van der Waals surface area contributed by atoms with Gasteiger partial charge in [-0.05, 0) is 61.7 Å². The smallest absolute Gasteiger partial charge is 0.271 e. The van der Waals surface area contributed by atoms with E-state index in [4.69, 9.17) is 0 Å². The summed E-state index contributed by atoms with van der Waals surface area (Å²) in [4.78, 5) is 36.4. The summed E-state index contributed by atoms with van der Waals surface area (Å²) in [6.45, 7) is 7.15. The van der Waals surface area contributed by atoms with Gasteiger partial charge in [0.25, 0.3) is 5.91 Å². The lowest BCUT2D eigenvalue weighted by molar-refractivity contribution is -0.119. The minimum Gasteiger partial charge on any atom is -0.326 e. The van der Waals surface area contributed by atoms with Crippen LogP contribution in [0.1, 0.15) is 36.5 Å². The Kier molecular flexibility index (Phi) is 5.77. The summed E-state index contributed by atoms with van der Waals surface area (Å²) < 4.78 is 0. The molecule has 0 saturated carbocycles. The van der Waals surface area contributed by atoms with Crippen molar-refractivity contribution in [2.24, 2.45) is 5.10 Å². The zero-order valence-electron chi connectivity index (χ0n) is 17.0. The number of nitrogens with zero attached hydrogens (tertiary/aromatic N) is 2. The Bertz CT molecular complexity index is 1030. The molecule has 1 aliphatic rings. The van der Waals surface area contributed by atoms with Crippen molar-refractivity contribution in [3.63, 3.8) is 0 Å². The molecule has 2 N–H and O–H groups in total. The lowest BCUT2D eigenvalue weighted by Crippen LogP contribution is -2.36. The van der Waals surface area contributed by atoms with Gasteiger partial charge in [0.2, 0.25) is 11.8 Å². The maximum Gasteiger partial charge on any atom is 0.271 e. The Balaban J connectivity index is 1.81. The molecule has 2 aromatic rings. The van der Waals surface area contributed by atoms with Gasteiger partial charge in [-0.3, -0.25) is 14.4 Å². The Morgan fingerprint density at radius 2 is 1.72 bits per heavy atom. The largest absolute Gasteiger partial charge is 0.326 e. The Labute approximate surface area is 169 Å². The van der Waals surface area contributed by atoms with Crippen LogP contribution in [0.5, 0.6) is 0 Å². The number of hydrogen-bond acceptors (Lipinski definition) is 4. The molecule has 0 bridgehead atoms. The summed E-state index contributed by atoms with van der Waals surface area (Å²) in [6.07, 6.45) is 0.509. The van der Waals surface area contributed by atoms with E-state index < -0.39 is 0 Å². The van der Waals surface area contributed by atoms with Crippen LogP contribution in [0.15, 0.2) is 41.5 Å². The van der Waals surface area contributed by atoms with Gasteiger partial charge >= 0.3 is 0 Å².